The van der Waals surface area contributed by atoms with Crippen LogP contribution in [0.3, 0.4) is 0 Å². The third kappa shape index (κ3) is 5.73. The van der Waals surface area contributed by atoms with E-state index in [1.54, 1.807) is 5.57 Å². The Morgan fingerprint density at radius 1 is 1.12 bits per heavy atom. The van der Waals surface area contributed by atoms with Gasteiger partial charge in [-0.1, -0.05) is 56.6 Å². The van der Waals surface area contributed by atoms with Crippen molar-refractivity contribution in [2.75, 3.05) is 0 Å². The van der Waals surface area contributed by atoms with E-state index in [0.717, 1.165) is 5.57 Å². The summed E-state index contributed by atoms with van der Waals surface area (Å²) in [5, 5.41) is 8.85. The van der Waals surface area contributed by atoms with Crippen molar-refractivity contribution < 1.29 is 9.90 Å². The summed E-state index contributed by atoms with van der Waals surface area (Å²) in [7, 11) is 0. The Balaban J connectivity index is 2.13. The van der Waals surface area contributed by atoms with Gasteiger partial charge in [0.2, 0.25) is 0 Å². The lowest BCUT2D eigenvalue weighted by Crippen LogP contribution is -2.20. The van der Waals surface area contributed by atoms with Crippen LogP contribution in [0.1, 0.15) is 72.6 Å². The van der Waals surface area contributed by atoms with Crippen LogP contribution in [0.5, 0.6) is 0 Å². The molecule has 0 bridgehead atoms. The first kappa shape index (κ1) is 19.8. The number of allylic oxidation sites excluding steroid dienone is 7. The lowest BCUT2D eigenvalue weighted by Gasteiger charge is -2.34. The Labute approximate surface area is 153 Å². The van der Waals surface area contributed by atoms with Gasteiger partial charge in [0.05, 0.1) is 0 Å². The maximum atomic E-state index is 10.8. The normalized spacial score (nSPS) is 28.1. The molecule has 0 saturated heterocycles. The monoisotopic (exact) mass is 342 g/mol. The quantitative estimate of drug-likeness (QED) is 0.459. The molecule has 2 nitrogen and oxygen atoms in total. The van der Waals surface area contributed by atoms with Gasteiger partial charge in [-0.05, 0) is 74.3 Å². The van der Waals surface area contributed by atoms with Crippen LogP contribution in [0.25, 0.3) is 0 Å². The van der Waals surface area contributed by atoms with Crippen LogP contribution in [0.2, 0.25) is 0 Å². The molecule has 0 aromatic rings. The van der Waals surface area contributed by atoms with Gasteiger partial charge in [0.1, 0.15) is 0 Å². The summed E-state index contributed by atoms with van der Waals surface area (Å²) in [5.74, 6) is 0.222. The molecule has 2 aliphatic carbocycles. The van der Waals surface area contributed by atoms with Gasteiger partial charge in [-0.15, -0.1) is 0 Å². The summed E-state index contributed by atoms with van der Waals surface area (Å²) >= 11 is 0. The molecule has 0 aliphatic heterocycles. The minimum absolute atomic E-state index is 0.291. The molecule has 0 aromatic heterocycles. The van der Waals surface area contributed by atoms with Crippen molar-refractivity contribution in [2.24, 2.45) is 17.3 Å². The lowest BCUT2D eigenvalue weighted by molar-refractivity contribution is -0.131. The Hall–Kier alpha value is -1.57. The topological polar surface area (TPSA) is 37.3 Å². The minimum Gasteiger partial charge on any atom is -0.478 e. The Bertz CT molecular complexity index is 602. The molecule has 1 unspecified atom stereocenters. The molecule has 0 heterocycles. The molecule has 0 amide bonds. The van der Waals surface area contributed by atoms with Crippen molar-refractivity contribution in [2.45, 2.75) is 72.6 Å². The van der Waals surface area contributed by atoms with Crippen molar-refractivity contribution in [3.05, 3.63) is 47.1 Å². The van der Waals surface area contributed by atoms with Crippen molar-refractivity contribution in [1.82, 2.24) is 0 Å². The van der Waals surface area contributed by atoms with Gasteiger partial charge in [-0.25, -0.2) is 4.79 Å². The van der Waals surface area contributed by atoms with Gasteiger partial charge in [-0.2, -0.15) is 0 Å². The lowest BCUT2D eigenvalue weighted by atomic mass is 9.71. The SMILES string of the molecule is CC1=C(C=CC2CCCC[C@@H]2/C=C/C(C)=C/C(=O)O)C(C)(C)CCC1. The second-order valence-electron chi connectivity index (χ2n) is 8.49. The second-order valence-corrected chi connectivity index (χ2v) is 8.49. The van der Waals surface area contributed by atoms with E-state index in [1.165, 1.54) is 56.6 Å². The summed E-state index contributed by atoms with van der Waals surface area (Å²) in [6.07, 6.45) is 19.2. The van der Waals surface area contributed by atoms with Crippen LogP contribution in [0.4, 0.5) is 0 Å². The first-order valence-electron chi connectivity index (χ1n) is 9.77. The molecule has 0 spiro atoms. The smallest absolute Gasteiger partial charge is 0.328 e. The molecule has 25 heavy (non-hydrogen) atoms. The molecule has 2 rings (SSSR count). The van der Waals surface area contributed by atoms with Gasteiger partial charge in [0, 0.05) is 6.08 Å². The zero-order valence-corrected chi connectivity index (χ0v) is 16.3. The van der Waals surface area contributed by atoms with Gasteiger partial charge in [-0.3, -0.25) is 0 Å². The number of carboxylic acid groups (broad SMARTS) is 1. The maximum absolute atomic E-state index is 10.8. The van der Waals surface area contributed by atoms with E-state index in [0.29, 0.717) is 17.3 Å². The summed E-state index contributed by atoms with van der Waals surface area (Å²) in [6, 6.07) is 0. The third-order valence-corrected chi connectivity index (χ3v) is 5.88. The fraction of sp³-hybridized carbons (Fsp3) is 0.609. The highest BCUT2D eigenvalue weighted by molar-refractivity contribution is 5.81. The summed E-state index contributed by atoms with van der Waals surface area (Å²) in [6.45, 7) is 8.89. The Morgan fingerprint density at radius 3 is 2.36 bits per heavy atom. The number of hydrogen-bond acceptors (Lipinski definition) is 1. The van der Waals surface area contributed by atoms with Crippen LogP contribution in [0, 0.1) is 17.3 Å². The van der Waals surface area contributed by atoms with E-state index in [9.17, 15) is 4.79 Å². The Morgan fingerprint density at radius 2 is 1.76 bits per heavy atom. The molecule has 0 radical (unpaired) electrons. The van der Waals surface area contributed by atoms with Crippen molar-refractivity contribution >= 4 is 5.97 Å². The maximum Gasteiger partial charge on any atom is 0.328 e. The van der Waals surface area contributed by atoms with E-state index >= 15 is 0 Å². The summed E-state index contributed by atoms with van der Waals surface area (Å²) in [4.78, 5) is 10.8. The Kier molecular flexibility index (Phi) is 6.87. The van der Waals surface area contributed by atoms with Gasteiger partial charge in [0.25, 0.3) is 0 Å². The fourth-order valence-corrected chi connectivity index (χ4v) is 4.41. The van der Waals surface area contributed by atoms with Crippen LogP contribution in [0.15, 0.2) is 47.1 Å². The van der Waals surface area contributed by atoms with Crippen LogP contribution >= 0.6 is 0 Å². The van der Waals surface area contributed by atoms with Crippen LogP contribution in [-0.4, -0.2) is 11.1 Å². The minimum atomic E-state index is -0.871. The average Bonchev–Trinajstić information content (AvgIpc) is 2.52. The molecule has 1 N–H and O–H groups in total. The van der Waals surface area contributed by atoms with Crippen molar-refractivity contribution in [3.63, 3.8) is 0 Å². The van der Waals surface area contributed by atoms with E-state index in [-0.39, 0.29) is 0 Å². The first-order valence-corrected chi connectivity index (χ1v) is 9.77. The highest BCUT2D eigenvalue weighted by atomic mass is 16.4. The first-order chi connectivity index (χ1) is 11.8. The van der Waals surface area contributed by atoms with Gasteiger partial charge < -0.3 is 5.11 Å². The fourth-order valence-electron chi connectivity index (χ4n) is 4.41. The predicted molar refractivity (Wildman–Crippen MR) is 105 cm³/mol. The number of carbonyl (C=O) groups is 1. The van der Waals surface area contributed by atoms with E-state index in [2.05, 4.69) is 39.0 Å². The largest absolute Gasteiger partial charge is 0.478 e. The zero-order valence-electron chi connectivity index (χ0n) is 16.3. The number of aliphatic carboxylic acids is 1. The molecular weight excluding hydrogens is 308 g/mol. The van der Waals surface area contributed by atoms with E-state index < -0.39 is 5.97 Å². The number of carboxylic acids is 1. The van der Waals surface area contributed by atoms with E-state index in [1.807, 2.05) is 13.0 Å². The average molecular weight is 343 g/mol. The molecule has 1 fully saturated rings. The van der Waals surface area contributed by atoms with Crippen molar-refractivity contribution in [1.29, 1.82) is 0 Å². The zero-order chi connectivity index (χ0) is 18.4. The highest BCUT2D eigenvalue weighted by Crippen LogP contribution is 2.41. The molecule has 2 heteroatoms. The number of hydrogen-bond donors (Lipinski definition) is 1. The standard InChI is InChI=1S/C23H34O2/c1-17(16-22(24)25)11-12-19-9-5-6-10-20(19)13-14-21-18(2)8-7-15-23(21,3)4/h11-14,16,19-20H,5-10,15H2,1-4H3,(H,24,25)/b12-11+,14-13?,17-16+/t19-,20?/m1/s1. The molecular formula is C23H34O2. The van der Waals surface area contributed by atoms with Crippen LogP contribution < -0.4 is 0 Å². The highest BCUT2D eigenvalue weighted by Gasteiger charge is 2.27. The molecule has 2 atom stereocenters. The molecule has 2 aliphatic rings. The van der Waals surface area contributed by atoms with Crippen LogP contribution in [-0.2, 0) is 4.79 Å². The summed E-state index contributed by atoms with van der Waals surface area (Å²) in [5.41, 5.74) is 4.19. The van der Waals surface area contributed by atoms with E-state index in [4.69, 9.17) is 5.11 Å². The molecule has 1 saturated carbocycles. The van der Waals surface area contributed by atoms with Gasteiger partial charge in [0.15, 0.2) is 0 Å². The van der Waals surface area contributed by atoms with Gasteiger partial charge >= 0.3 is 5.97 Å². The third-order valence-electron chi connectivity index (χ3n) is 5.88. The van der Waals surface area contributed by atoms with Crippen molar-refractivity contribution in [3.8, 4) is 0 Å². The predicted octanol–water partition coefficient (Wildman–Crippen LogP) is 6.46. The molecule has 138 valence electrons. The molecule has 0 aromatic carbocycles. The summed E-state index contributed by atoms with van der Waals surface area (Å²) < 4.78 is 0. The second kappa shape index (κ2) is 8.69. The number of rotatable bonds is 5.